The molecule has 3 amide bonds. The molecular formula is C26H31N3O3. The number of carbonyl (C=O) groups is 3. The summed E-state index contributed by atoms with van der Waals surface area (Å²) in [6.07, 6.45) is 4.56. The van der Waals surface area contributed by atoms with Gasteiger partial charge in [0.05, 0.1) is 6.54 Å². The van der Waals surface area contributed by atoms with Crippen molar-refractivity contribution in [3.63, 3.8) is 0 Å². The van der Waals surface area contributed by atoms with E-state index in [0.717, 1.165) is 27.9 Å². The van der Waals surface area contributed by atoms with Crippen LogP contribution in [0.25, 0.3) is 6.08 Å². The van der Waals surface area contributed by atoms with Crippen molar-refractivity contribution in [3.05, 3.63) is 70.8 Å². The smallest absolute Gasteiger partial charge is 0.246 e. The molecule has 2 aromatic rings. The van der Waals surface area contributed by atoms with Crippen LogP contribution in [-0.2, 0) is 14.4 Å². The fourth-order valence-electron chi connectivity index (χ4n) is 4.07. The zero-order valence-electron chi connectivity index (χ0n) is 19.0. The minimum Gasteiger partial charge on any atom is -0.347 e. The molecule has 3 rings (SSSR count). The molecule has 2 aromatic carbocycles. The lowest BCUT2D eigenvalue weighted by molar-refractivity contribution is -0.132. The first-order chi connectivity index (χ1) is 15.3. The second-order valence-electron chi connectivity index (χ2n) is 8.38. The van der Waals surface area contributed by atoms with Crippen LogP contribution in [0, 0.1) is 26.7 Å². The second-order valence-corrected chi connectivity index (χ2v) is 8.38. The molecule has 0 spiro atoms. The van der Waals surface area contributed by atoms with Crippen LogP contribution in [0.2, 0.25) is 0 Å². The molecule has 0 atom stereocenters. The van der Waals surface area contributed by atoms with E-state index in [4.69, 9.17) is 0 Å². The van der Waals surface area contributed by atoms with Gasteiger partial charge in [-0.3, -0.25) is 14.4 Å². The highest BCUT2D eigenvalue weighted by atomic mass is 16.2. The van der Waals surface area contributed by atoms with Crippen molar-refractivity contribution in [2.24, 2.45) is 5.92 Å². The average Bonchev–Trinajstić information content (AvgIpc) is 2.79. The number of aryl methyl sites for hydroxylation is 3. The van der Waals surface area contributed by atoms with Gasteiger partial charge in [0.1, 0.15) is 0 Å². The minimum atomic E-state index is -0.243. The van der Waals surface area contributed by atoms with Crippen LogP contribution in [0.15, 0.2) is 48.5 Å². The largest absolute Gasteiger partial charge is 0.347 e. The van der Waals surface area contributed by atoms with Crippen LogP contribution in [-0.4, -0.2) is 42.3 Å². The molecule has 0 unspecified atom stereocenters. The van der Waals surface area contributed by atoms with Crippen LogP contribution < -0.4 is 10.6 Å². The lowest BCUT2D eigenvalue weighted by atomic mass is 9.96. The molecule has 0 saturated carbocycles. The highest BCUT2D eigenvalue weighted by Crippen LogP contribution is 2.22. The number of piperidine rings is 1. The van der Waals surface area contributed by atoms with Crippen LogP contribution in [0.4, 0.5) is 5.69 Å². The second kappa shape index (κ2) is 10.8. The molecule has 32 heavy (non-hydrogen) atoms. The molecule has 168 valence electrons. The van der Waals surface area contributed by atoms with Crippen molar-refractivity contribution in [1.82, 2.24) is 10.2 Å². The number of rotatable bonds is 6. The fourth-order valence-corrected chi connectivity index (χ4v) is 4.07. The quantitative estimate of drug-likeness (QED) is 0.683. The lowest BCUT2D eigenvalue weighted by Gasteiger charge is -2.30. The predicted octanol–water partition coefficient (Wildman–Crippen LogP) is 3.62. The molecular weight excluding hydrogens is 402 g/mol. The predicted molar refractivity (Wildman–Crippen MR) is 127 cm³/mol. The Morgan fingerprint density at radius 1 is 1.00 bits per heavy atom. The Hall–Kier alpha value is -3.41. The number of amides is 3. The number of nitrogens with zero attached hydrogens (tertiary/aromatic N) is 1. The summed E-state index contributed by atoms with van der Waals surface area (Å²) in [5, 5.41) is 5.64. The van der Waals surface area contributed by atoms with Crippen molar-refractivity contribution < 1.29 is 14.4 Å². The summed E-state index contributed by atoms with van der Waals surface area (Å²) in [7, 11) is 0. The van der Waals surface area contributed by atoms with E-state index in [1.807, 2.05) is 63.2 Å². The van der Waals surface area contributed by atoms with E-state index in [1.54, 1.807) is 17.1 Å². The SMILES string of the molecule is Cc1cc(C)c(NC(=O)CNC(=O)C2CCN(C(=O)/C=C/c3ccccc3)CC2)c(C)c1. The molecule has 0 bridgehead atoms. The van der Waals surface area contributed by atoms with E-state index in [-0.39, 0.29) is 30.2 Å². The normalized spacial score (nSPS) is 14.4. The van der Waals surface area contributed by atoms with Crippen molar-refractivity contribution in [2.75, 3.05) is 25.0 Å². The van der Waals surface area contributed by atoms with Crippen molar-refractivity contribution in [1.29, 1.82) is 0 Å². The summed E-state index contributed by atoms with van der Waals surface area (Å²) in [6, 6.07) is 13.7. The number of likely N-dealkylation sites (tertiary alicyclic amines) is 1. The molecule has 0 aliphatic carbocycles. The van der Waals surface area contributed by atoms with Gasteiger partial charge in [0.15, 0.2) is 0 Å². The van der Waals surface area contributed by atoms with Gasteiger partial charge in [-0.1, -0.05) is 48.0 Å². The van der Waals surface area contributed by atoms with E-state index in [0.29, 0.717) is 25.9 Å². The number of anilines is 1. The fraction of sp³-hybridized carbons (Fsp3) is 0.346. The maximum absolute atomic E-state index is 12.5. The summed E-state index contributed by atoms with van der Waals surface area (Å²) < 4.78 is 0. The van der Waals surface area contributed by atoms with E-state index in [1.165, 1.54) is 0 Å². The molecule has 1 heterocycles. The summed E-state index contributed by atoms with van der Waals surface area (Å²) in [5.74, 6) is -0.611. The maximum atomic E-state index is 12.5. The van der Waals surface area contributed by atoms with Crippen LogP contribution in [0.3, 0.4) is 0 Å². The van der Waals surface area contributed by atoms with Crippen molar-refractivity contribution in [2.45, 2.75) is 33.6 Å². The number of benzene rings is 2. The average molecular weight is 434 g/mol. The summed E-state index contributed by atoms with van der Waals surface area (Å²) in [6.45, 7) is 6.93. The highest BCUT2D eigenvalue weighted by molar-refractivity contribution is 5.96. The Morgan fingerprint density at radius 3 is 2.25 bits per heavy atom. The number of hydrogen-bond donors (Lipinski definition) is 2. The van der Waals surface area contributed by atoms with Gasteiger partial charge in [-0.05, 0) is 56.4 Å². The van der Waals surface area contributed by atoms with Crippen molar-refractivity contribution >= 4 is 29.5 Å². The van der Waals surface area contributed by atoms with Gasteiger partial charge in [0, 0.05) is 30.8 Å². The third-order valence-corrected chi connectivity index (χ3v) is 5.76. The van der Waals surface area contributed by atoms with Crippen LogP contribution in [0.1, 0.15) is 35.1 Å². The van der Waals surface area contributed by atoms with E-state index < -0.39 is 0 Å². The Bertz CT molecular complexity index is 983. The van der Waals surface area contributed by atoms with Gasteiger partial charge in [-0.25, -0.2) is 0 Å². The molecule has 0 aromatic heterocycles. The Labute approximate surface area is 189 Å². The van der Waals surface area contributed by atoms with Crippen LogP contribution >= 0.6 is 0 Å². The Kier molecular flexibility index (Phi) is 7.82. The molecule has 1 fully saturated rings. The molecule has 1 aliphatic heterocycles. The monoisotopic (exact) mass is 433 g/mol. The first-order valence-corrected chi connectivity index (χ1v) is 11.0. The molecule has 0 radical (unpaired) electrons. The zero-order chi connectivity index (χ0) is 23.1. The van der Waals surface area contributed by atoms with E-state index >= 15 is 0 Å². The summed E-state index contributed by atoms with van der Waals surface area (Å²) >= 11 is 0. The maximum Gasteiger partial charge on any atom is 0.246 e. The molecule has 2 N–H and O–H groups in total. The highest BCUT2D eigenvalue weighted by Gasteiger charge is 2.26. The van der Waals surface area contributed by atoms with Crippen molar-refractivity contribution in [3.8, 4) is 0 Å². The van der Waals surface area contributed by atoms with E-state index in [9.17, 15) is 14.4 Å². The van der Waals surface area contributed by atoms with Gasteiger partial charge in [0.25, 0.3) is 0 Å². The molecule has 6 heteroatoms. The first kappa shape index (κ1) is 23.3. The standard InChI is InChI=1S/C26H31N3O3/c1-18-15-19(2)25(20(3)16-18)28-23(30)17-27-26(32)22-11-13-29(14-12-22)24(31)10-9-21-7-5-4-6-8-21/h4-10,15-16,22H,11-14,17H2,1-3H3,(H,27,32)(H,28,30)/b10-9+. The first-order valence-electron chi connectivity index (χ1n) is 11.0. The summed E-state index contributed by atoms with van der Waals surface area (Å²) in [5.41, 5.74) is 4.92. The third kappa shape index (κ3) is 6.30. The Balaban J connectivity index is 1.43. The molecule has 6 nitrogen and oxygen atoms in total. The Morgan fingerprint density at radius 2 is 1.62 bits per heavy atom. The third-order valence-electron chi connectivity index (χ3n) is 5.76. The molecule has 1 saturated heterocycles. The number of hydrogen-bond acceptors (Lipinski definition) is 3. The van der Waals surface area contributed by atoms with Gasteiger partial charge in [0.2, 0.25) is 17.7 Å². The zero-order valence-corrected chi connectivity index (χ0v) is 19.0. The number of carbonyl (C=O) groups excluding carboxylic acids is 3. The number of nitrogens with one attached hydrogen (secondary N) is 2. The molecule has 1 aliphatic rings. The lowest BCUT2D eigenvalue weighted by Crippen LogP contribution is -2.44. The minimum absolute atomic E-state index is 0.0454. The van der Waals surface area contributed by atoms with Gasteiger partial charge in [-0.2, -0.15) is 0 Å². The topological polar surface area (TPSA) is 78.5 Å². The van der Waals surface area contributed by atoms with Gasteiger partial charge < -0.3 is 15.5 Å². The van der Waals surface area contributed by atoms with E-state index in [2.05, 4.69) is 10.6 Å². The van der Waals surface area contributed by atoms with Gasteiger partial charge >= 0.3 is 0 Å². The van der Waals surface area contributed by atoms with Crippen LogP contribution in [0.5, 0.6) is 0 Å². The van der Waals surface area contributed by atoms with Gasteiger partial charge in [-0.15, -0.1) is 0 Å². The summed E-state index contributed by atoms with van der Waals surface area (Å²) in [4.78, 5) is 39.0.